The summed E-state index contributed by atoms with van der Waals surface area (Å²) in [5.74, 6) is -0.456. The van der Waals surface area contributed by atoms with Gasteiger partial charge in [0.05, 0.1) is 18.3 Å². The van der Waals surface area contributed by atoms with Gasteiger partial charge < -0.3 is 14.7 Å². The lowest BCUT2D eigenvalue weighted by atomic mass is 10.1. The third-order valence-electron chi connectivity index (χ3n) is 6.09. The van der Waals surface area contributed by atoms with Crippen LogP contribution < -0.4 is 9.64 Å². The molecule has 0 saturated carbocycles. The first-order chi connectivity index (χ1) is 16.7. The van der Waals surface area contributed by atoms with Crippen molar-refractivity contribution in [3.8, 4) is 5.75 Å². The summed E-state index contributed by atoms with van der Waals surface area (Å²) >= 11 is 6.00. The zero-order valence-electron chi connectivity index (χ0n) is 20.3. The molecule has 0 bridgehead atoms. The summed E-state index contributed by atoms with van der Waals surface area (Å²) < 4.78 is 7.06. The number of aliphatic carboxylic acids is 1. The van der Waals surface area contributed by atoms with E-state index in [0.717, 1.165) is 31.1 Å². The third kappa shape index (κ3) is 6.22. The maximum absolute atomic E-state index is 13.5. The van der Waals surface area contributed by atoms with E-state index in [1.807, 2.05) is 19.1 Å². The molecule has 1 aromatic heterocycles. The number of amides is 1. The number of unbranched alkanes of at least 4 members (excludes halogenated alkanes) is 4. The number of aromatic nitrogens is 1. The van der Waals surface area contributed by atoms with Gasteiger partial charge in [0.2, 0.25) is 5.91 Å². The van der Waals surface area contributed by atoms with Gasteiger partial charge in [0.15, 0.2) is 0 Å². The van der Waals surface area contributed by atoms with Crippen molar-refractivity contribution in [3.63, 3.8) is 0 Å². The number of hydrogen-bond acceptors (Lipinski definition) is 4. The summed E-state index contributed by atoms with van der Waals surface area (Å²) in [5.41, 5.74) is 2.55. The van der Waals surface area contributed by atoms with Crippen LogP contribution in [-0.2, 0) is 9.59 Å². The average molecular weight is 499 g/mol. The number of anilines is 1. The Labute approximate surface area is 210 Å². The molecule has 0 aliphatic rings. The number of nitrogens with zero attached hydrogens (tertiary/aromatic N) is 2. The zero-order chi connectivity index (χ0) is 25.5. The fourth-order valence-electron chi connectivity index (χ4n) is 4.34. The van der Waals surface area contributed by atoms with Crippen LogP contribution in [-0.4, -0.2) is 41.1 Å². The molecular formula is C27H31ClN2O5. The van der Waals surface area contributed by atoms with E-state index in [0.29, 0.717) is 46.2 Å². The molecule has 35 heavy (non-hydrogen) atoms. The molecule has 186 valence electrons. The third-order valence-corrected chi connectivity index (χ3v) is 6.35. The topological polar surface area (TPSA) is 88.8 Å². The Morgan fingerprint density at radius 2 is 1.66 bits per heavy atom. The van der Waals surface area contributed by atoms with E-state index in [2.05, 4.69) is 0 Å². The van der Waals surface area contributed by atoms with Gasteiger partial charge >= 0.3 is 5.97 Å². The maximum atomic E-state index is 13.5. The number of fused-ring (bicyclic) bond motifs is 1. The highest BCUT2D eigenvalue weighted by Gasteiger charge is 2.25. The Bertz CT molecular complexity index is 1220. The second-order valence-corrected chi connectivity index (χ2v) is 8.98. The molecule has 0 atom stereocenters. The van der Waals surface area contributed by atoms with Crippen molar-refractivity contribution < 1.29 is 24.2 Å². The van der Waals surface area contributed by atoms with Crippen LogP contribution in [0.3, 0.4) is 0 Å². The number of carbonyl (C=O) groups excluding carboxylic acids is 2. The van der Waals surface area contributed by atoms with Crippen molar-refractivity contribution >= 4 is 46.0 Å². The number of rotatable bonds is 11. The van der Waals surface area contributed by atoms with Gasteiger partial charge in [-0.3, -0.25) is 19.0 Å². The Kier molecular flexibility index (Phi) is 8.93. The Morgan fingerprint density at radius 1 is 1.00 bits per heavy atom. The smallest absolute Gasteiger partial charge is 0.303 e. The minimum Gasteiger partial charge on any atom is -0.497 e. The summed E-state index contributed by atoms with van der Waals surface area (Å²) in [7, 11) is 1.58. The first-order valence-corrected chi connectivity index (χ1v) is 12.1. The number of carboxylic acid groups (broad SMARTS) is 1. The first-order valence-electron chi connectivity index (χ1n) is 11.7. The lowest BCUT2D eigenvalue weighted by Crippen LogP contribution is -2.30. The summed E-state index contributed by atoms with van der Waals surface area (Å²) in [6.07, 6.45) is 4.24. The van der Waals surface area contributed by atoms with E-state index in [4.69, 9.17) is 21.4 Å². The molecule has 0 aliphatic heterocycles. The number of benzene rings is 2. The molecule has 0 saturated heterocycles. The molecule has 0 spiro atoms. The fourth-order valence-corrected chi connectivity index (χ4v) is 4.46. The number of halogens is 1. The summed E-state index contributed by atoms with van der Waals surface area (Å²) in [6, 6.07) is 12.2. The predicted octanol–water partition coefficient (Wildman–Crippen LogP) is 6.08. The molecule has 3 rings (SSSR count). The fraction of sp³-hybridized carbons (Fsp3) is 0.370. The summed E-state index contributed by atoms with van der Waals surface area (Å²) in [4.78, 5) is 38.6. The van der Waals surface area contributed by atoms with Gasteiger partial charge in [0, 0.05) is 41.6 Å². The van der Waals surface area contributed by atoms with Gasteiger partial charge in [-0.15, -0.1) is 0 Å². The number of carboxylic acids is 1. The molecule has 0 radical (unpaired) electrons. The molecule has 0 fully saturated rings. The van der Waals surface area contributed by atoms with Crippen LogP contribution in [0.2, 0.25) is 5.02 Å². The van der Waals surface area contributed by atoms with Crippen LogP contribution in [0.1, 0.15) is 61.5 Å². The summed E-state index contributed by atoms with van der Waals surface area (Å²) in [6.45, 7) is 3.87. The average Bonchev–Trinajstić information content (AvgIpc) is 3.11. The molecule has 1 amide bonds. The van der Waals surface area contributed by atoms with Crippen molar-refractivity contribution in [2.24, 2.45) is 0 Å². The van der Waals surface area contributed by atoms with Gasteiger partial charge in [-0.2, -0.15) is 0 Å². The Hall–Kier alpha value is -3.32. The second kappa shape index (κ2) is 11.9. The van der Waals surface area contributed by atoms with E-state index >= 15 is 0 Å². The van der Waals surface area contributed by atoms with Crippen LogP contribution in [0.25, 0.3) is 10.9 Å². The monoisotopic (exact) mass is 498 g/mol. The van der Waals surface area contributed by atoms with Gasteiger partial charge in [-0.05, 0) is 62.2 Å². The summed E-state index contributed by atoms with van der Waals surface area (Å²) in [5, 5.41) is 10.1. The van der Waals surface area contributed by atoms with E-state index in [1.54, 1.807) is 46.9 Å². The van der Waals surface area contributed by atoms with Gasteiger partial charge in [-0.1, -0.05) is 30.9 Å². The molecule has 1 heterocycles. The molecule has 8 heteroatoms. The molecular weight excluding hydrogens is 468 g/mol. The zero-order valence-corrected chi connectivity index (χ0v) is 21.1. The lowest BCUT2D eigenvalue weighted by Gasteiger charge is -2.22. The van der Waals surface area contributed by atoms with Crippen molar-refractivity contribution in [1.82, 2.24) is 4.57 Å². The maximum Gasteiger partial charge on any atom is 0.303 e. The minimum absolute atomic E-state index is 0.111. The van der Waals surface area contributed by atoms with Crippen LogP contribution in [0.5, 0.6) is 5.75 Å². The molecule has 1 N–H and O–H groups in total. The molecule has 3 aromatic rings. The van der Waals surface area contributed by atoms with Crippen LogP contribution in [0.4, 0.5) is 5.69 Å². The van der Waals surface area contributed by atoms with E-state index in [1.165, 1.54) is 6.92 Å². The highest BCUT2D eigenvalue weighted by atomic mass is 35.5. The molecule has 0 aliphatic carbocycles. The number of carbonyl (C=O) groups is 3. The van der Waals surface area contributed by atoms with Gasteiger partial charge in [0.25, 0.3) is 5.91 Å². The largest absolute Gasteiger partial charge is 0.497 e. The molecule has 7 nitrogen and oxygen atoms in total. The highest BCUT2D eigenvalue weighted by Crippen LogP contribution is 2.37. The van der Waals surface area contributed by atoms with Gasteiger partial charge in [0.1, 0.15) is 5.75 Å². The Morgan fingerprint density at radius 3 is 2.29 bits per heavy atom. The van der Waals surface area contributed by atoms with Crippen LogP contribution in [0.15, 0.2) is 42.5 Å². The number of ether oxygens (including phenoxy) is 1. The lowest BCUT2D eigenvalue weighted by molar-refractivity contribution is -0.137. The van der Waals surface area contributed by atoms with Crippen LogP contribution >= 0.6 is 11.6 Å². The quantitative estimate of drug-likeness (QED) is 0.324. The van der Waals surface area contributed by atoms with E-state index in [-0.39, 0.29) is 18.2 Å². The molecule has 2 aromatic carbocycles. The normalized spacial score (nSPS) is 11.0. The van der Waals surface area contributed by atoms with Crippen molar-refractivity contribution in [2.75, 3.05) is 18.6 Å². The van der Waals surface area contributed by atoms with Crippen LogP contribution in [0, 0.1) is 6.92 Å². The van der Waals surface area contributed by atoms with Gasteiger partial charge in [-0.25, -0.2) is 0 Å². The SMILES string of the molecule is COc1ccc2c(c1)c(N(CCCCCCCC(=O)O)C(C)=O)c(C)n2C(=O)c1ccc(Cl)cc1. The predicted molar refractivity (Wildman–Crippen MR) is 138 cm³/mol. The van der Waals surface area contributed by atoms with E-state index < -0.39 is 5.97 Å². The Balaban J connectivity index is 1.93. The molecule has 0 unspecified atom stereocenters. The standard InChI is InChI=1S/C27H31ClN2O5/c1-18-26(29(19(2)31)16-8-6-4-5-7-9-25(32)33)23-17-22(35-3)14-15-24(23)30(18)27(34)20-10-12-21(28)13-11-20/h10-15,17H,4-9,16H2,1-3H3,(H,32,33). The number of methoxy groups -OCH3 is 1. The highest BCUT2D eigenvalue weighted by molar-refractivity contribution is 6.30. The van der Waals surface area contributed by atoms with Crippen molar-refractivity contribution in [2.45, 2.75) is 52.4 Å². The number of hydrogen-bond donors (Lipinski definition) is 1. The van der Waals surface area contributed by atoms with E-state index in [9.17, 15) is 14.4 Å². The minimum atomic E-state index is -0.775. The van der Waals surface area contributed by atoms with Crippen molar-refractivity contribution in [3.05, 3.63) is 58.7 Å². The first kappa shape index (κ1) is 26.3. The van der Waals surface area contributed by atoms with Crippen molar-refractivity contribution in [1.29, 1.82) is 0 Å². The second-order valence-electron chi connectivity index (χ2n) is 8.55.